The van der Waals surface area contributed by atoms with Crippen molar-refractivity contribution < 1.29 is 8.42 Å². The molecule has 7 nitrogen and oxygen atoms in total. The van der Waals surface area contributed by atoms with Gasteiger partial charge >= 0.3 is 0 Å². The van der Waals surface area contributed by atoms with Gasteiger partial charge in [-0.2, -0.15) is 10.2 Å². The van der Waals surface area contributed by atoms with Crippen LogP contribution >= 0.6 is 0 Å². The fourth-order valence-corrected chi connectivity index (χ4v) is 4.10. The van der Waals surface area contributed by atoms with Crippen molar-refractivity contribution >= 4 is 15.8 Å². The smallest absolute Gasteiger partial charge is 0.266 e. The lowest BCUT2D eigenvalue weighted by molar-refractivity contribution is 0.484. The van der Waals surface area contributed by atoms with E-state index in [0.29, 0.717) is 17.2 Å². The number of sulfonamides is 1. The molecule has 128 valence electrons. The number of anilines is 1. The van der Waals surface area contributed by atoms with Gasteiger partial charge in [-0.15, -0.1) is 0 Å². The second kappa shape index (κ2) is 6.35. The molecule has 0 saturated carbocycles. The zero-order chi connectivity index (χ0) is 17.4. The minimum Gasteiger partial charge on any atom is -0.266 e. The van der Waals surface area contributed by atoms with E-state index in [1.165, 1.54) is 0 Å². The molecule has 2 aromatic heterocycles. The number of aryl methyl sites for hydroxylation is 1. The van der Waals surface area contributed by atoms with Gasteiger partial charge in [-0.1, -0.05) is 6.92 Å². The van der Waals surface area contributed by atoms with Gasteiger partial charge in [0.1, 0.15) is 10.7 Å². The molecule has 0 fully saturated rings. The quantitative estimate of drug-likeness (QED) is 0.877. The summed E-state index contributed by atoms with van der Waals surface area (Å²) < 4.78 is 31.7. The molecule has 0 aromatic carbocycles. The average Bonchev–Trinajstić information content (AvgIpc) is 3.02. The second-order valence-corrected chi connectivity index (χ2v) is 7.68. The fraction of sp³-hybridized carbons (Fsp3) is 0.600. The van der Waals surface area contributed by atoms with Crippen LogP contribution in [0.1, 0.15) is 57.6 Å². The molecule has 8 heteroatoms. The van der Waals surface area contributed by atoms with E-state index >= 15 is 0 Å². The van der Waals surface area contributed by atoms with E-state index in [-0.39, 0.29) is 17.0 Å². The van der Waals surface area contributed by atoms with Crippen LogP contribution in [0.5, 0.6) is 0 Å². The molecule has 1 atom stereocenters. The highest BCUT2D eigenvalue weighted by Crippen LogP contribution is 2.25. The van der Waals surface area contributed by atoms with Gasteiger partial charge in [-0.3, -0.25) is 9.40 Å². The Kier molecular flexibility index (Phi) is 4.84. The summed E-state index contributed by atoms with van der Waals surface area (Å²) in [5.74, 6) is 0.468. The molecular weight excluding hydrogens is 314 g/mol. The lowest BCUT2D eigenvalue weighted by Gasteiger charge is -2.15. The third-order valence-electron chi connectivity index (χ3n) is 3.93. The predicted octanol–water partition coefficient (Wildman–Crippen LogP) is 3.05. The normalized spacial score (nSPS) is 13.5. The first kappa shape index (κ1) is 17.5. The molecule has 1 N–H and O–H groups in total. The first-order valence-corrected chi connectivity index (χ1v) is 9.29. The van der Waals surface area contributed by atoms with Crippen molar-refractivity contribution in [3.8, 4) is 0 Å². The van der Waals surface area contributed by atoms with Crippen LogP contribution in [0.25, 0.3) is 0 Å². The standard InChI is InChI=1S/C15H25N5O2S/c1-7-11(4)20-14(8-9-16-20)18-23(21,22)15-12(5)17-19(10(2)3)13(15)6/h8-11,18H,7H2,1-6H3/t11-/m0/s1. The molecular formula is C15H25N5O2S. The van der Waals surface area contributed by atoms with Gasteiger partial charge in [0.25, 0.3) is 10.0 Å². The van der Waals surface area contributed by atoms with E-state index < -0.39 is 10.0 Å². The molecule has 2 heterocycles. The van der Waals surface area contributed by atoms with Gasteiger partial charge in [0.15, 0.2) is 0 Å². The zero-order valence-electron chi connectivity index (χ0n) is 14.5. The Morgan fingerprint density at radius 1 is 1.22 bits per heavy atom. The van der Waals surface area contributed by atoms with E-state index in [9.17, 15) is 8.42 Å². The highest BCUT2D eigenvalue weighted by Gasteiger charge is 2.26. The average molecular weight is 339 g/mol. The van der Waals surface area contributed by atoms with Crippen LogP contribution in [-0.2, 0) is 10.0 Å². The van der Waals surface area contributed by atoms with E-state index in [1.807, 2.05) is 27.7 Å². The summed E-state index contributed by atoms with van der Waals surface area (Å²) in [6.45, 7) is 11.5. The van der Waals surface area contributed by atoms with Gasteiger partial charge in [-0.25, -0.2) is 13.1 Å². The predicted molar refractivity (Wildman–Crippen MR) is 90.1 cm³/mol. The topological polar surface area (TPSA) is 81.8 Å². The number of nitrogens with one attached hydrogen (secondary N) is 1. The zero-order valence-corrected chi connectivity index (χ0v) is 15.3. The molecule has 0 radical (unpaired) electrons. The third kappa shape index (κ3) is 3.26. The van der Waals surface area contributed by atoms with Gasteiger partial charge in [0, 0.05) is 12.1 Å². The molecule has 0 unspecified atom stereocenters. The fourth-order valence-electron chi connectivity index (χ4n) is 2.65. The van der Waals surface area contributed by atoms with Gasteiger partial charge < -0.3 is 0 Å². The largest absolute Gasteiger partial charge is 0.266 e. The SMILES string of the molecule is CC[C@H](C)n1nccc1NS(=O)(=O)c1c(C)nn(C(C)C)c1C. The molecule has 0 bridgehead atoms. The molecule has 2 rings (SSSR count). The molecule has 0 spiro atoms. The first-order chi connectivity index (χ1) is 10.7. The van der Waals surface area contributed by atoms with Gasteiger partial charge in [0.2, 0.25) is 0 Å². The Morgan fingerprint density at radius 2 is 1.87 bits per heavy atom. The maximum atomic E-state index is 12.8. The van der Waals surface area contributed by atoms with Crippen molar-refractivity contribution in [3.63, 3.8) is 0 Å². The summed E-state index contributed by atoms with van der Waals surface area (Å²) in [4.78, 5) is 0.239. The monoisotopic (exact) mass is 339 g/mol. The van der Waals surface area contributed by atoms with E-state index in [0.717, 1.165) is 6.42 Å². The molecule has 23 heavy (non-hydrogen) atoms. The van der Waals surface area contributed by atoms with Crippen molar-refractivity contribution in [2.45, 2.75) is 64.9 Å². The van der Waals surface area contributed by atoms with E-state index in [1.54, 1.807) is 35.5 Å². The van der Waals surface area contributed by atoms with Crippen LogP contribution in [0.3, 0.4) is 0 Å². The number of rotatable bonds is 6. The van der Waals surface area contributed by atoms with Gasteiger partial charge in [-0.05, 0) is 41.0 Å². The second-order valence-electron chi connectivity index (χ2n) is 6.06. The van der Waals surface area contributed by atoms with Crippen LogP contribution < -0.4 is 4.72 Å². The maximum Gasteiger partial charge on any atom is 0.266 e. The highest BCUT2D eigenvalue weighted by molar-refractivity contribution is 7.92. The van der Waals surface area contributed by atoms with Crippen molar-refractivity contribution in [1.82, 2.24) is 19.6 Å². The molecule has 0 aliphatic heterocycles. The Balaban J connectivity index is 2.43. The van der Waals surface area contributed by atoms with Gasteiger partial charge in [0.05, 0.1) is 23.6 Å². The van der Waals surface area contributed by atoms with Crippen LogP contribution in [0.4, 0.5) is 5.82 Å². The number of aromatic nitrogens is 4. The van der Waals surface area contributed by atoms with Crippen LogP contribution in [0.2, 0.25) is 0 Å². The number of hydrogen-bond acceptors (Lipinski definition) is 4. The minimum atomic E-state index is -3.72. The Morgan fingerprint density at radius 3 is 2.39 bits per heavy atom. The van der Waals surface area contributed by atoms with Crippen molar-refractivity contribution in [1.29, 1.82) is 0 Å². The molecule has 2 aromatic rings. The van der Waals surface area contributed by atoms with Crippen molar-refractivity contribution in [2.24, 2.45) is 0 Å². The summed E-state index contributed by atoms with van der Waals surface area (Å²) in [5, 5.41) is 8.57. The molecule has 0 saturated heterocycles. The Labute approximate surface area is 137 Å². The Hall–Kier alpha value is -1.83. The van der Waals surface area contributed by atoms with Crippen LogP contribution in [-0.4, -0.2) is 28.0 Å². The summed E-state index contributed by atoms with van der Waals surface area (Å²) in [5.41, 5.74) is 1.14. The summed E-state index contributed by atoms with van der Waals surface area (Å²) in [6, 6.07) is 1.88. The number of nitrogens with zero attached hydrogens (tertiary/aromatic N) is 4. The lowest BCUT2D eigenvalue weighted by Crippen LogP contribution is -2.19. The lowest BCUT2D eigenvalue weighted by atomic mass is 10.3. The van der Waals surface area contributed by atoms with Crippen LogP contribution in [0, 0.1) is 13.8 Å². The molecule has 0 amide bonds. The first-order valence-electron chi connectivity index (χ1n) is 7.81. The van der Waals surface area contributed by atoms with Crippen molar-refractivity contribution in [2.75, 3.05) is 4.72 Å². The van der Waals surface area contributed by atoms with Crippen LogP contribution in [0.15, 0.2) is 17.2 Å². The third-order valence-corrected chi connectivity index (χ3v) is 5.54. The summed E-state index contributed by atoms with van der Waals surface area (Å²) >= 11 is 0. The summed E-state index contributed by atoms with van der Waals surface area (Å²) in [7, 11) is -3.72. The maximum absolute atomic E-state index is 12.8. The molecule has 0 aliphatic carbocycles. The van der Waals surface area contributed by atoms with E-state index in [4.69, 9.17) is 0 Å². The molecule has 0 aliphatic rings. The summed E-state index contributed by atoms with van der Waals surface area (Å²) in [6.07, 6.45) is 2.46. The van der Waals surface area contributed by atoms with Crippen molar-refractivity contribution in [3.05, 3.63) is 23.7 Å². The van der Waals surface area contributed by atoms with E-state index in [2.05, 4.69) is 14.9 Å². The minimum absolute atomic E-state index is 0.100. The number of hydrogen-bond donors (Lipinski definition) is 1. The Bertz CT molecular complexity index is 789. The highest BCUT2D eigenvalue weighted by atomic mass is 32.2.